The number of carbonyl (C=O) groups is 1. The first-order chi connectivity index (χ1) is 12.0. The average molecular weight is 375 g/mol. The van der Waals surface area contributed by atoms with E-state index in [1.165, 1.54) is 18.2 Å². The highest BCUT2D eigenvalue weighted by Gasteiger charge is 2.12. The van der Waals surface area contributed by atoms with E-state index >= 15 is 0 Å². The van der Waals surface area contributed by atoms with Gasteiger partial charge in [0.15, 0.2) is 5.76 Å². The second-order valence-electron chi connectivity index (χ2n) is 5.16. The summed E-state index contributed by atoms with van der Waals surface area (Å²) in [6.07, 6.45) is 0. The van der Waals surface area contributed by atoms with E-state index in [2.05, 4.69) is 10.3 Å². The second-order valence-corrected chi connectivity index (χ2v) is 6.03. The highest BCUT2D eigenvalue weighted by atomic mass is 35.5. The molecule has 126 valence electrons. The van der Waals surface area contributed by atoms with Crippen molar-refractivity contribution in [3.63, 3.8) is 0 Å². The van der Waals surface area contributed by atoms with Crippen LogP contribution in [0.4, 0.5) is 0 Å². The minimum atomic E-state index is -0.674. The van der Waals surface area contributed by atoms with Gasteiger partial charge in [-0.2, -0.15) is 0 Å². The standard InChI is InChI=1S/C18H12Cl2N2O3/c1-11(17-10-16(22-24-17)12-5-3-2-4-6-12)21-25-18(23)13-7-14(19)9-15(20)8-13/h2-10H,1H3/b21-11+. The Morgan fingerprint density at radius 3 is 2.44 bits per heavy atom. The summed E-state index contributed by atoms with van der Waals surface area (Å²) in [6.45, 7) is 1.65. The molecule has 0 saturated heterocycles. The summed E-state index contributed by atoms with van der Waals surface area (Å²) < 4.78 is 5.24. The Hall–Kier alpha value is -2.63. The molecule has 0 saturated carbocycles. The maximum Gasteiger partial charge on any atom is 0.365 e. The number of oxime groups is 1. The average Bonchev–Trinajstić information content (AvgIpc) is 3.09. The molecule has 0 unspecified atom stereocenters. The third-order valence-corrected chi connectivity index (χ3v) is 3.74. The van der Waals surface area contributed by atoms with Crippen molar-refractivity contribution >= 4 is 34.9 Å². The molecule has 1 heterocycles. The van der Waals surface area contributed by atoms with Crippen molar-refractivity contribution in [2.75, 3.05) is 0 Å². The molecule has 0 spiro atoms. The van der Waals surface area contributed by atoms with Crippen molar-refractivity contribution in [2.24, 2.45) is 5.16 Å². The first-order valence-electron chi connectivity index (χ1n) is 7.27. The number of nitrogens with zero attached hydrogens (tertiary/aromatic N) is 2. The normalized spacial score (nSPS) is 11.4. The van der Waals surface area contributed by atoms with Crippen LogP contribution in [0, 0.1) is 0 Å². The Morgan fingerprint density at radius 2 is 1.76 bits per heavy atom. The van der Waals surface area contributed by atoms with Crippen LogP contribution in [-0.4, -0.2) is 16.8 Å². The molecule has 5 nitrogen and oxygen atoms in total. The van der Waals surface area contributed by atoms with E-state index in [1.807, 2.05) is 30.3 Å². The van der Waals surface area contributed by atoms with E-state index in [-0.39, 0.29) is 5.56 Å². The number of halogens is 2. The minimum absolute atomic E-state index is 0.205. The summed E-state index contributed by atoms with van der Waals surface area (Å²) >= 11 is 11.7. The molecule has 0 N–H and O–H groups in total. The number of hydrogen-bond acceptors (Lipinski definition) is 5. The minimum Gasteiger partial charge on any atom is -0.354 e. The predicted molar refractivity (Wildman–Crippen MR) is 96.0 cm³/mol. The Kier molecular flexibility index (Phi) is 5.16. The number of rotatable bonds is 4. The molecule has 0 aliphatic rings. The molecule has 0 aliphatic carbocycles. The SMILES string of the molecule is C/C(=N\OC(=O)c1cc(Cl)cc(Cl)c1)c1cc(-c2ccccc2)no1. The maximum atomic E-state index is 12.0. The monoisotopic (exact) mass is 374 g/mol. The molecule has 0 bridgehead atoms. The Balaban J connectivity index is 1.74. The highest BCUT2D eigenvalue weighted by molar-refractivity contribution is 6.35. The van der Waals surface area contributed by atoms with Gasteiger partial charge < -0.3 is 9.36 Å². The van der Waals surface area contributed by atoms with Gasteiger partial charge in [0.2, 0.25) is 0 Å². The molecule has 3 aromatic rings. The number of benzene rings is 2. The van der Waals surface area contributed by atoms with Crippen molar-refractivity contribution in [1.29, 1.82) is 0 Å². The largest absolute Gasteiger partial charge is 0.365 e. The van der Waals surface area contributed by atoms with E-state index in [0.717, 1.165) is 5.56 Å². The van der Waals surface area contributed by atoms with Gasteiger partial charge in [-0.3, -0.25) is 0 Å². The number of carbonyl (C=O) groups excluding carboxylic acids is 1. The van der Waals surface area contributed by atoms with Crippen molar-refractivity contribution in [2.45, 2.75) is 6.92 Å². The second kappa shape index (κ2) is 7.51. The van der Waals surface area contributed by atoms with Crippen LogP contribution in [0.25, 0.3) is 11.3 Å². The first-order valence-corrected chi connectivity index (χ1v) is 8.03. The molecule has 7 heteroatoms. The fraction of sp³-hybridized carbons (Fsp3) is 0.0556. The number of aromatic nitrogens is 1. The van der Waals surface area contributed by atoms with E-state index < -0.39 is 5.97 Å². The van der Waals surface area contributed by atoms with Crippen LogP contribution in [0.3, 0.4) is 0 Å². The number of hydrogen-bond donors (Lipinski definition) is 0. The summed E-state index contributed by atoms with van der Waals surface area (Å²) in [5, 5.41) is 8.44. The topological polar surface area (TPSA) is 64.7 Å². The van der Waals surface area contributed by atoms with Crippen LogP contribution in [-0.2, 0) is 4.84 Å². The van der Waals surface area contributed by atoms with Gasteiger partial charge in [0.1, 0.15) is 11.4 Å². The molecule has 3 rings (SSSR count). The molecule has 25 heavy (non-hydrogen) atoms. The van der Waals surface area contributed by atoms with Crippen molar-refractivity contribution < 1.29 is 14.2 Å². The van der Waals surface area contributed by atoms with Gasteiger partial charge >= 0.3 is 5.97 Å². The summed E-state index contributed by atoms with van der Waals surface area (Å²) in [7, 11) is 0. The molecule has 1 aromatic heterocycles. The van der Waals surface area contributed by atoms with Crippen molar-refractivity contribution in [3.8, 4) is 11.3 Å². The lowest BCUT2D eigenvalue weighted by Crippen LogP contribution is -2.03. The zero-order valence-corrected chi connectivity index (χ0v) is 14.6. The maximum absolute atomic E-state index is 12.0. The molecular weight excluding hydrogens is 363 g/mol. The van der Waals surface area contributed by atoms with Gasteiger partial charge in [-0.1, -0.05) is 63.8 Å². The smallest absolute Gasteiger partial charge is 0.354 e. The fourth-order valence-corrected chi connectivity index (χ4v) is 2.60. The van der Waals surface area contributed by atoms with Crippen LogP contribution in [0.1, 0.15) is 23.0 Å². The van der Waals surface area contributed by atoms with Gasteiger partial charge in [-0.25, -0.2) is 4.79 Å². The van der Waals surface area contributed by atoms with Gasteiger partial charge in [0, 0.05) is 21.7 Å². The zero-order chi connectivity index (χ0) is 17.8. The lowest BCUT2D eigenvalue weighted by atomic mass is 10.1. The van der Waals surface area contributed by atoms with Gasteiger partial charge in [-0.05, 0) is 25.1 Å². The molecule has 0 atom stereocenters. The van der Waals surface area contributed by atoms with E-state index in [4.69, 9.17) is 32.6 Å². The highest BCUT2D eigenvalue weighted by Crippen LogP contribution is 2.21. The van der Waals surface area contributed by atoms with Crippen LogP contribution >= 0.6 is 23.2 Å². The Labute approximate surface area is 153 Å². The Bertz CT molecular complexity index is 916. The molecule has 0 fully saturated rings. The molecule has 0 radical (unpaired) electrons. The van der Waals surface area contributed by atoms with E-state index in [0.29, 0.717) is 27.2 Å². The fourth-order valence-electron chi connectivity index (χ4n) is 2.07. The molecular formula is C18H12Cl2N2O3. The predicted octanol–water partition coefficient (Wildman–Crippen LogP) is 5.23. The summed E-state index contributed by atoms with van der Waals surface area (Å²) in [5.41, 5.74) is 2.15. The van der Waals surface area contributed by atoms with Gasteiger partial charge in [0.05, 0.1) is 5.56 Å². The quantitative estimate of drug-likeness (QED) is 0.356. The van der Waals surface area contributed by atoms with E-state index in [9.17, 15) is 4.79 Å². The van der Waals surface area contributed by atoms with Gasteiger partial charge in [-0.15, -0.1) is 0 Å². The van der Waals surface area contributed by atoms with Crippen LogP contribution in [0.5, 0.6) is 0 Å². The van der Waals surface area contributed by atoms with Crippen molar-refractivity contribution in [1.82, 2.24) is 5.16 Å². The third kappa shape index (κ3) is 4.26. The summed E-state index contributed by atoms with van der Waals surface area (Å²) in [4.78, 5) is 16.9. The molecule has 0 aliphatic heterocycles. The first kappa shape index (κ1) is 17.2. The lowest BCUT2D eigenvalue weighted by molar-refractivity contribution is 0.0515. The lowest BCUT2D eigenvalue weighted by Gasteiger charge is -2.01. The molecule has 2 aromatic carbocycles. The van der Waals surface area contributed by atoms with Crippen molar-refractivity contribution in [3.05, 3.63) is 76.0 Å². The van der Waals surface area contributed by atoms with Crippen LogP contribution in [0.2, 0.25) is 10.0 Å². The summed E-state index contributed by atoms with van der Waals surface area (Å²) in [6, 6.07) is 15.7. The van der Waals surface area contributed by atoms with Crippen LogP contribution in [0.15, 0.2) is 64.3 Å². The van der Waals surface area contributed by atoms with Crippen LogP contribution < -0.4 is 0 Å². The third-order valence-electron chi connectivity index (χ3n) is 3.30. The van der Waals surface area contributed by atoms with E-state index in [1.54, 1.807) is 13.0 Å². The molecule has 0 amide bonds. The Morgan fingerprint density at radius 1 is 1.08 bits per heavy atom. The zero-order valence-electron chi connectivity index (χ0n) is 13.1. The summed E-state index contributed by atoms with van der Waals surface area (Å²) in [5.74, 6) is -0.276. The van der Waals surface area contributed by atoms with Gasteiger partial charge in [0.25, 0.3) is 0 Å².